The van der Waals surface area contributed by atoms with Gasteiger partial charge in [-0.3, -0.25) is 9.36 Å². The smallest absolute Gasteiger partial charge is 0.279 e. The summed E-state index contributed by atoms with van der Waals surface area (Å²) in [7, 11) is 1.60. The Hall–Kier alpha value is -2.53. The molecule has 0 amide bonds. The van der Waals surface area contributed by atoms with E-state index in [0.29, 0.717) is 24.2 Å². The highest BCUT2D eigenvalue weighted by molar-refractivity contribution is 5.76. The number of fused-ring (bicyclic) bond motifs is 1. The molecule has 0 aliphatic rings. The van der Waals surface area contributed by atoms with Gasteiger partial charge in [-0.2, -0.15) is 0 Å². The summed E-state index contributed by atoms with van der Waals surface area (Å²) in [5.74, 6) is 0. The van der Waals surface area contributed by atoms with Crippen LogP contribution in [0.2, 0.25) is 0 Å². The second-order valence-corrected chi connectivity index (χ2v) is 4.67. The van der Waals surface area contributed by atoms with Gasteiger partial charge in [0.2, 0.25) is 0 Å². The molecule has 5 nitrogen and oxygen atoms in total. The van der Waals surface area contributed by atoms with Crippen LogP contribution in [-0.4, -0.2) is 28.3 Å². The molecular formula is C16H15N3O2. The molecule has 2 aromatic heterocycles. The fraction of sp³-hybridized carbons (Fsp3) is 0.188. The molecule has 2 heterocycles. The van der Waals surface area contributed by atoms with Gasteiger partial charge in [-0.1, -0.05) is 30.3 Å². The Morgan fingerprint density at radius 3 is 2.71 bits per heavy atom. The molecule has 0 aliphatic carbocycles. The Morgan fingerprint density at radius 1 is 1.14 bits per heavy atom. The summed E-state index contributed by atoms with van der Waals surface area (Å²) < 4.78 is 6.52. The second-order valence-electron chi connectivity index (χ2n) is 4.67. The summed E-state index contributed by atoms with van der Waals surface area (Å²) in [5, 5.41) is 0. The van der Waals surface area contributed by atoms with Gasteiger partial charge in [-0.15, -0.1) is 0 Å². The molecule has 21 heavy (non-hydrogen) atoms. The third-order valence-electron chi connectivity index (χ3n) is 3.28. The van der Waals surface area contributed by atoms with E-state index in [4.69, 9.17) is 4.74 Å². The molecule has 3 rings (SSSR count). The van der Waals surface area contributed by atoms with Crippen LogP contribution in [0.4, 0.5) is 0 Å². The fourth-order valence-corrected chi connectivity index (χ4v) is 2.15. The zero-order valence-electron chi connectivity index (χ0n) is 11.7. The maximum absolute atomic E-state index is 12.4. The summed E-state index contributed by atoms with van der Waals surface area (Å²) >= 11 is 0. The van der Waals surface area contributed by atoms with E-state index in [-0.39, 0.29) is 5.56 Å². The van der Waals surface area contributed by atoms with Gasteiger partial charge in [0, 0.05) is 12.7 Å². The monoisotopic (exact) mass is 281 g/mol. The highest BCUT2D eigenvalue weighted by atomic mass is 16.5. The Bertz CT molecular complexity index is 813. The lowest BCUT2D eigenvalue weighted by atomic mass is 10.1. The minimum absolute atomic E-state index is 0.144. The van der Waals surface area contributed by atoms with E-state index < -0.39 is 0 Å². The van der Waals surface area contributed by atoms with Crippen LogP contribution in [-0.2, 0) is 11.3 Å². The van der Waals surface area contributed by atoms with Crippen LogP contribution in [0, 0.1) is 0 Å². The lowest BCUT2D eigenvalue weighted by Gasteiger charge is -2.06. The fourth-order valence-electron chi connectivity index (χ4n) is 2.15. The molecule has 1 aromatic carbocycles. The Morgan fingerprint density at radius 2 is 1.95 bits per heavy atom. The molecule has 3 aromatic rings. The average Bonchev–Trinajstić information content (AvgIpc) is 2.55. The number of hydrogen-bond acceptors (Lipinski definition) is 4. The first-order valence-corrected chi connectivity index (χ1v) is 6.70. The number of ether oxygens (including phenoxy) is 1. The molecule has 0 N–H and O–H groups in total. The molecule has 0 unspecified atom stereocenters. The molecule has 0 saturated carbocycles. The Kier molecular flexibility index (Phi) is 3.75. The molecule has 0 radical (unpaired) electrons. The number of rotatable bonds is 4. The van der Waals surface area contributed by atoms with Crippen molar-refractivity contribution in [3.63, 3.8) is 0 Å². The van der Waals surface area contributed by atoms with Crippen molar-refractivity contribution in [2.75, 3.05) is 13.7 Å². The topological polar surface area (TPSA) is 57.0 Å². The van der Waals surface area contributed by atoms with Gasteiger partial charge in [0.05, 0.1) is 30.7 Å². The molecule has 0 aliphatic heterocycles. The number of hydrogen-bond donors (Lipinski definition) is 0. The van der Waals surface area contributed by atoms with Crippen LogP contribution in [0.5, 0.6) is 0 Å². The average molecular weight is 281 g/mol. The normalized spacial score (nSPS) is 10.9. The summed E-state index contributed by atoms with van der Waals surface area (Å²) in [6, 6.07) is 13.5. The summed E-state index contributed by atoms with van der Waals surface area (Å²) in [4.78, 5) is 21.2. The molecule has 0 bridgehead atoms. The highest BCUT2D eigenvalue weighted by Gasteiger charge is 2.07. The highest BCUT2D eigenvalue weighted by Crippen LogP contribution is 2.17. The zero-order chi connectivity index (χ0) is 14.7. The van der Waals surface area contributed by atoms with Crippen molar-refractivity contribution >= 4 is 11.0 Å². The van der Waals surface area contributed by atoms with E-state index in [9.17, 15) is 4.79 Å². The SMILES string of the molecule is COCCn1cnc2ccc(-c3ccccc3)nc2c1=O. The first-order valence-electron chi connectivity index (χ1n) is 6.70. The van der Waals surface area contributed by atoms with E-state index in [1.807, 2.05) is 42.5 Å². The maximum Gasteiger partial charge on any atom is 0.279 e. The molecule has 0 fully saturated rings. The van der Waals surface area contributed by atoms with Crippen molar-refractivity contribution in [1.82, 2.24) is 14.5 Å². The lowest BCUT2D eigenvalue weighted by Crippen LogP contribution is -2.23. The minimum Gasteiger partial charge on any atom is -0.383 e. The Labute approximate surface area is 121 Å². The summed E-state index contributed by atoms with van der Waals surface area (Å²) in [5.41, 5.74) is 2.59. The van der Waals surface area contributed by atoms with Crippen molar-refractivity contribution in [2.45, 2.75) is 6.54 Å². The van der Waals surface area contributed by atoms with Gasteiger partial charge >= 0.3 is 0 Å². The van der Waals surface area contributed by atoms with Crippen molar-refractivity contribution in [1.29, 1.82) is 0 Å². The molecule has 0 atom stereocenters. The van der Waals surface area contributed by atoms with Crippen LogP contribution in [0.1, 0.15) is 0 Å². The maximum atomic E-state index is 12.4. The Balaban J connectivity index is 2.11. The lowest BCUT2D eigenvalue weighted by molar-refractivity contribution is 0.186. The number of pyridine rings is 1. The third-order valence-corrected chi connectivity index (χ3v) is 3.28. The third kappa shape index (κ3) is 2.68. The number of benzene rings is 1. The van der Waals surface area contributed by atoms with Crippen LogP contribution >= 0.6 is 0 Å². The van der Waals surface area contributed by atoms with Crippen LogP contribution in [0.3, 0.4) is 0 Å². The van der Waals surface area contributed by atoms with E-state index >= 15 is 0 Å². The summed E-state index contributed by atoms with van der Waals surface area (Å²) in [6.07, 6.45) is 1.54. The van der Waals surface area contributed by atoms with Gasteiger partial charge in [0.1, 0.15) is 0 Å². The van der Waals surface area contributed by atoms with Gasteiger partial charge in [-0.25, -0.2) is 9.97 Å². The first kappa shape index (κ1) is 13.5. The van der Waals surface area contributed by atoms with Crippen molar-refractivity contribution in [3.05, 3.63) is 59.1 Å². The van der Waals surface area contributed by atoms with E-state index in [1.54, 1.807) is 7.11 Å². The van der Waals surface area contributed by atoms with Gasteiger partial charge in [0.15, 0.2) is 5.52 Å². The standard InChI is InChI=1S/C16H15N3O2/c1-21-10-9-19-11-17-14-8-7-13(18-15(14)16(19)20)12-5-3-2-4-6-12/h2-8,11H,9-10H2,1H3. The molecule has 0 saturated heterocycles. The van der Waals surface area contributed by atoms with E-state index in [0.717, 1.165) is 11.3 Å². The molecular weight excluding hydrogens is 266 g/mol. The molecule has 5 heteroatoms. The number of methoxy groups -OCH3 is 1. The quantitative estimate of drug-likeness (QED) is 0.735. The first-order chi connectivity index (χ1) is 10.3. The number of aromatic nitrogens is 3. The van der Waals surface area contributed by atoms with Crippen molar-refractivity contribution in [2.24, 2.45) is 0 Å². The summed E-state index contributed by atoms with van der Waals surface area (Å²) in [6.45, 7) is 0.932. The minimum atomic E-state index is -0.144. The second kappa shape index (κ2) is 5.85. The molecule has 0 spiro atoms. The van der Waals surface area contributed by atoms with E-state index in [1.165, 1.54) is 10.9 Å². The van der Waals surface area contributed by atoms with Crippen molar-refractivity contribution in [3.8, 4) is 11.3 Å². The van der Waals surface area contributed by atoms with Gasteiger partial charge in [-0.05, 0) is 12.1 Å². The van der Waals surface area contributed by atoms with E-state index in [2.05, 4.69) is 9.97 Å². The largest absolute Gasteiger partial charge is 0.383 e. The van der Waals surface area contributed by atoms with Gasteiger partial charge < -0.3 is 4.74 Å². The van der Waals surface area contributed by atoms with Crippen molar-refractivity contribution < 1.29 is 4.74 Å². The predicted molar refractivity (Wildman–Crippen MR) is 81.1 cm³/mol. The zero-order valence-corrected chi connectivity index (χ0v) is 11.7. The van der Waals surface area contributed by atoms with Gasteiger partial charge in [0.25, 0.3) is 5.56 Å². The van der Waals surface area contributed by atoms with Crippen LogP contribution < -0.4 is 5.56 Å². The van der Waals surface area contributed by atoms with Crippen LogP contribution in [0.15, 0.2) is 53.6 Å². The van der Waals surface area contributed by atoms with Crippen LogP contribution in [0.25, 0.3) is 22.3 Å². The number of nitrogens with zero attached hydrogens (tertiary/aromatic N) is 3. The molecule has 106 valence electrons. The predicted octanol–water partition coefficient (Wildman–Crippen LogP) is 2.10.